The van der Waals surface area contributed by atoms with Gasteiger partial charge in [-0.05, 0) is 48.9 Å². The summed E-state index contributed by atoms with van der Waals surface area (Å²) in [6, 6.07) is 4.02. The second-order valence-electron chi connectivity index (χ2n) is 14.4. The number of carbonyl (C=O) groups excluding carboxylic acids is 4. The van der Waals surface area contributed by atoms with Crippen LogP contribution in [0.1, 0.15) is 92.8 Å². The summed E-state index contributed by atoms with van der Waals surface area (Å²) in [5.41, 5.74) is 0.760. The Balaban J connectivity index is 1.43. The maximum Gasteiger partial charge on any atom is 0.255 e. The summed E-state index contributed by atoms with van der Waals surface area (Å²) >= 11 is 0. The number of aliphatic hydroxyl groups excluding tert-OH is 1. The first-order valence-corrected chi connectivity index (χ1v) is 18.6. The number of ether oxygens (including phenoxy) is 1. The van der Waals surface area contributed by atoms with Crippen molar-refractivity contribution in [3.05, 3.63) is 77.5 Å². The molecule has 0 aliphatic carbocycles. The summed E-state index contributed by atoms with van der Waals surface area (Å²) in [4.78, 5) is 67.1. The molecule has 13 nitrogen and oxygen atoms in total. The van der Waals surface area contributed by atoms with Gasteiger partial charge < -0.3 is 34.7 Å². The highest BCUT2D eigenvalue weighted by molar-refractivity contribution is 6.00. The van der Waals surface area contributed by atoms with Crippen LogP contribution in [0.15, 0.2) is 53.3 Å². The van der Waals surface area contributed by atoms with Gasteiger partial charge in [-0.15, -0.1) is 0 Å². The molecule has 0 unspecified atom stereocenters. The molecule has 2 bridgehead atoms. The minimum atomic E-state index is -1.09. The quantitative estimate of drug-likeness (QED) is 0.360. The Morgan fingerprint density at radius 1 is 1.02 bits per heavy atom. The molecular formula is C39H51FN6O7. The van der Waals surface area contributed by atoms with Gasteiger partial charge in [0.15, 0.2) is 6.61 Å². The van der Waals surface area contributed by atoms with E-state index in [9.17, 15) is 28.7 Å². The lowest BCUT2D eigenvalue weighted by Gasteiger charge is -2.34. The topological polar surface area (TPSA) is 167 Å². The Morgan fingerprint density at radius 3 is 2.55 bits per heavy atom. The van der Waals surface area contributed by atoms with Gasteiger partial charge in [0, 0.05) is 57.9 Å². The molecule has 2 aliphatic rings. The fourth-order valence-corrected chi connectivity index (χ4v) is 6.89. The van der Waals surface area contributed by atoms with Gasteiger partial charge in [0.25, 0.3) is 5.91 Å². The van der Waals surface area contributed by atoms with Gasteiger partial charge in [0.05, 0.1) is 17.9 Å². The molecular weight excluding hydrogens is 683 g/mol. The Labute approximate surface area is 309 Å². The number of aliphatic hydroxyl groups is 1. The summed E-state index contributed by atoms with van der Waals surface area (Å²) in [5, 5.41) is 16.6. The average Bonchev–Trinajstić information content (AvgIpc) is 3.76. The van der Waals surface area contributed by atoms with Crippen LogP contribution < -0.4 is 15.4 Å². The van der Waals surface area contributed by atoms with E-state index in [1.54, 1.807) is 24.7 Å². The van der Waals surface area contributed by atoms with Crippen molar-refractivity contribution in [3.8, 4) is 5.75 Å². The second-order valence-corrected chi connectivity index (χ2v) is 14.4. The molecule has 4 amide bonds. The fraction of sp³-hybridized carbons (Fsp3) is 0.538. The number of hydrogen-bond acceptors (Lipinski definition) is 9. The van der Waals surface area contributed by atoms with Crippen LogP contribution in [-0.4, -0.2) is 92.9 Å². The molecule has 53 heavy (non-hydrogen) atoms. The van der Waals surface area contributed by atoms with E-state index in [0.29, 0.717) is 18.7 Å². The smallest absolute Gasteiger partial charge is 0.255 e. The number of pyridine rings is 1. The maximum absolute atomic E-state index is 14.4. The minimum absolute atomic E-state index is 0.000696. The molecule has 3 aromatic rings. The Bertz CT molecular complexity index is 1700. The summed E-state index contributed by atoms with van der Waals surface area (Å²) in [6.45, 7) is 3.97. The Hall–Kier alpha value is -4.85. The third-order valence-electron chi connectivity index (χ3n) is 9.72. The van der Waals surface area contributed by atoms with Crippen molar-refractivity contribution in [2.45, 2.75) is 109 Å². The van der Waals surface area contributed by atoms with E-state index in [1.165, 1.54) is 22.9 Å². The number of halogens is 1. The summed E-state index contributed by atoms with van der Waals surface area (Å²) in [6.07, 6.45) is 10.6. The first kappa shape index (κ1) is 39.4. The molecule has 286 valence electrons. The molecule has 4 heterocycles. The molecule has 0 saturated carbocycles. The molecule has 0 spiro atoms. The van der Waals surface area contributed by atoms with Crippen LogP contribution in [0.25, 0.3) is 0 Å². The van der Waals surface area contributed by atoms with Gasteiger partial charge in [-0.2, -0.15) is 0 Å². The third kappa shape index (κ3) is 10.8. The zero-order chi connectivity index (χ0) is 37.9. The van der Waals surface area contributed by atoms with Crippen molar-refractivity contribution in [3.63, 3.8) is 0 Å². The molecule has 5 rings (SSSR count). The van der Waals surface area contributed by atoms with Gasteiger partial charge in [0.2, 0.25) is 23.6 Å². The van der Waals surface area contributed by atoms with E-state index in [1.807, 2.05) is 19.9 Å². The van der Waals surface area contributed by atoms with Crippen molar-refractivity contribution in [1.29, 1.82) is 0 Å². The van der Waals surface area contributed by atoms with Crippen molar-refractivity contribution in [2.75, 3.05) is 20.1 Å². The number of aryl methyl sites for hydroxylation is 1. The summed E-state index contributed by atoms with van der Waals surface area (Å²) in [5.74, 6) is -1.80. The first-order valence-electron chi connectivity index (χ1n) is 18.6. The zero-order valence-corrected chi connectivity index (χ0v) is 30.8. The standard InChI is InChI=1S/C39H51FN6O7/c1-25(2)17-31-38(50)46-23-28(47)20-33(46)39(51)45(3)32(18-26-11-10-15-41-21-26)37(49)42-16-9-7-5-4-6-8-12-29-22-43-35(53-29)24-52-34-19-27(40)13-14-30(34)36(48)44-31/h10-11,13-15,19,21-22,25,28,31-33,47H,4-9,12,16-18,20,23-24H2,1-3H3,(H,42,49)(H,44,48)/t28-,31+,32-,33+/m0/s1. The van der Waals surface area contributed by atoms with Gasteiger partial charge in [-0.3, -0.25) is 24.2 Å². The fourth-order valence-electron chi connectivity index (χ4n) is 6.89. The lowest BCUT2D eigenvalue weighted by molar-refractivity contribution is -0.147. The predicted molar refractivity (Wildman–Crippen MR) is 193 cm³/mol. The van der Waals surface area contributed by atoms with E-state index in [4.69, 9.17) is 9.15 Å². The molecule has 1 saturated heterocycles. The number of nitrogens with one attached hydrogen (secondary N) is 2. The molecule has 1 fully saturated rings. The molecule has 3 N–H and O–H groups in total. The number of aromatic nitrogens is 2. The van der Waals surface area contributed by atoms with E-state index < -0.39 is 47.8 Å². The van der Waals surface area contributed by atoms with Gasteiger partial charge >= 0.3 is 0 Å². The zero-order valence-electron chi connectivity index (χ0n) is 30.8. The van der Waals surface area contributed by atoms with Gasteiger partial charge in [0.1, 0.15) is 35.5 Å². The highest BCUT2D eigenvalue weighted by Crippen LogP contribution is 2.26. The van der Waals surface area contributed by atoms with Gasteiger partial charge in [-0.25, -0.2) is 9.37 Å². The van der Waals surface area contributed by atoms with Crippen LogP contribution in [0.3, 0.4) is 0 Å². The number of oxazole rings is 1. The third-order valence-corrected chi connectivity index (χ3v) is 9.72. The Kier molecular flexibility index (Phi) is 13.9. The lowest BCUT2D eigenvalue weighted by atomic mass is 10.0. The lowest BCUT2D eigenvalue weighted by Crippen LogP contribution is -2.57. The van der Waals surface area contributed by atoms with E-state index in [0.717, 1.165) is 56.2 Å². The molecule has 2 aliphatic heterocycles. The van der Waals surface area contributed by atoms with Crippen molar-refractivity contribution in [2.24, 2.45) is 5.92 Å². The van der Waals surface area contributed by atoms with Crippen molar-refractivity contribution < 1.29 is 37.8 Å². The number of fused-ring (bicyclic) bond motifs is 4. The largest absolute Gasteiger partial charge is 0.483 e. The second kappa shape index (κ2) is 18.8. The minimum Gasteiger partial charge on any atom is -0.483 e. The van der Waals surface area contributed by atoms with Crippen LogP contribution >= 0.6 is 0 Å². The van der Waals surface area contributed by atoms with Crippen LogP contribution in [0.2, 0.25) is 0 Å². The number of nitrogens with zero attached hydrogens (tertiary/aromatic N) is 4. The average molecular weight is 735 g/mol. The number of hydrogen-bond donors (Lipinski definition) is 3. The highest BCUT2D eigenvalue weighted by Gasteiger charge is 2.44. The van der Waals surface area contributed by atoms with Crippen molar-refractivity contribution >= 4 is 23.6 Å². The normalized spacial score (nSPS) is 23.2. The molecule has 0 radical (unpaired) electrons. The Morgan fingerprint density at radius 2 is 1.79 bits per heavy atom. The van der Waals surface area contributed by atoms with Crippen LogP contribution in [-0.2, 0) is 33.8 Å². The summed E-state index contributed by atoms with van der Waals surface area (Å²) < 4.78 is 26.1. The van der Waals surface area contributed by atoms with E-state index in [-0.39, 0.29) is 61.4 Å². The van der Waals surface area contributed by atoms with E-state index in [2.05, 4.69) is 20.6 Å². The number of rotatable bonds is 4. The summed E-state index contributed by atoms with van der Waals surface area (Å²) in [7, 11) is 1.54. The highest BCUT2D eigenvalue weighted by atomic mass is 19.1. The molecule has 2 aromatic heterocycles. The molecule has 14 heteroatoms. The van der Waals surface area contributed by atoms with Crippen LogP contribution in [0.5, 0.6) is 5.75 Å². The van der Waals surface area contributed by atoms with Crippen molar-refractivity contribution in [1.82, 2.24) is 30.4 Å². The SMILES string of the molecule is CC(C)C[C@H]1NC(=O)c2ccc(F)cc2OCc2ncc(o2)CCCCCCCCNC(=O)[C@H](Cc2cccnc2)N(C)C(=O)[C@H]2C[C@H](O)CN2C1=O. The van der Waals surface area contributed by atoms with E-state index >= 15 is 0 Å². The number of carbonyl (C=O) groups is 4. The van der Waals surface area contributed by atoms with Gasteiger partial charge in [-0.1, -0.05) is 45.6 Å². The number of likely N-dealkylation sites (N-methyl/N-ethyl adjacent to an activating group) is 1. The predicted octanol–water partition coefficient (Wildman–Crippen LogP) is 3.98. The molecule has 4 atom stereocenters. The monoisotopic (exact) mass is 734 g/mol. The molecule has 1 aromatic carbocycles. The maximum atomic E-state index is 14.4. The van der Waals surface area contributed by atoms with Crippen LogP contribution in [0, 0.1) is 11.7 Å². The first-order chi connectivity index (χ1) is 25.5. The number of amides is 4. The number of benzene rings is 1. The van der Waals surface area contributed by atoms with Crippen LogP contribution in [0.4, 0.5) is 4.39 Å².